The van der Waals surface area contributed by atoms with E-state index in [9.17, 15) is 0 Å². The molecule has 0 aromatic heterocycles. The second-order valence-electron chi connectivity index (χ2n) is 2.68. The molecule has 0 aliphatic heterocycles. The van der Waals surface area contributed by atoms with Gasteiger partial charge in [0.15, 0.2) is 0 Å². The molecule has 58 valence electrons. The Morgan fingerprint density at radius 3 is 2.55 bits per heavy atom. The Kier molecular flexibility index (Phi) is 3.46. The zero-order valence-electron chi connectivity index (χ0n) is 6.96. The highest BCUT2D eigenvalue weighted by molar-refractivity contribution is 5.20. The molecule has 0 saturated carbocycles. The smallest absolute Gasteiger partial charge is 0.0160 e. The first-order valence-electron chi connectivity index (χ1n) is 4.04. The second-order valence-corrected chi connectivity index (χ2v) is 2.68. The minimum Gasteiger partial charge on any atom is -0.0808 e. The van der Waals surface area contributed by atoms with Crippen LogP contribution >= 0.6 is 0 Å². The first-order valence-corrected chi connectivity index (χ1v) is 4.04. The van der Waals surface area contributed by atoms with E-state index in [-0.39, 0.29) is 0 Å². The third kappa shape index (κ3) is 3.61. The van der Waals surface area contributed by atoms with Gasteiger partial charge in [0.1, 0.15) is 0 Å². The number of allylic oxidation sites excluding steroid dienone is 8. The highest BCUT2D eigenvalue weighted by atomic mass is 13.9. The predicted molar refractivity (Wildman–Crippen MR) is 50.4 cm³/mol. The summed E-state index contributed by atoms with van der Waals surface area (Å²) in [6.45, 7) is 2.13. The number of rotatable bonds is 0. The molecule has 0 N–H and O–H groups in total. The van der Waals surface area contributed by atoms with Gasteiger partial charge >= 0.3 is 0 Å². The van der Waals surface area contributed by atoms with Crippen LogP contribution in [0.3, 0.4) is 0 Å². The van der Waals surface area contributed by atoms with Crippen molar-refractivity contribution in [2.24, 2.45) is 0 Å². The maximum absolute atomic E-state index is 2.23. The van der Waals surface area contributed by atoms with Gasteiger partial charge in [0.05, 0.1) is 0 Å². The molecule has 0 nitrogen and oxygen atoms in total. The van der Waals surface area contributed by atoms with Gasteiger partial charge in [-0.15, -0.1) is 0 Å². The summed E-state index contributed by atoms with van der Waals surface area (Å²) in [5.74, 6) is 0. The molecule has 0 saturated heterocycles. The van der Waals surface area contributed by atoms with Crippen LogP contribution in [0.25, 0.3) is 0 Å². The normalized spacial score (nSPS) is 31.5. The van der Waals surface area contributed by atoms with Gasteiger partial charge in [-0.3, -0.25) is 0 Å². The molecule has 0 aromatic carbocycles. The first kappa shape index (κ1) is 8.06. The molecule has 11 heavy (non-hydrogen) atoms. The molecule has 0 radical (unpaired) electrons. The zero-order chi connectivity index (χ0) is 7.94. The van der Waals surface area contributed by atoms with E-state index in [0.717, 1.165) is 12.8 Å². The number of hydrogen-bond donors (Lipinski definition) is 0. The van der Waals surface area contributed by atoms with Gasteiger partial charge in [0, 0.05) is 0 Å². The van der Waals surface area contributed by atoms with E-state index < -0.39 is 0 Å². The van der Waals surface area contributed by atoms with Gasteiger partial charge in [-0.2, -0.15) is 0 Å². The van der Waals surface area contributed by atoms with Crippen molar-refractivity contribution in [2.75, 3.05) is 0 Å². The van der Waals surface area contributed by atoms with Crippen molar-refractivity contribution in [3.05, 3.63) is 48.1 Å². The molecular weight excluding hydrogens is 132 g/mol. The fourth-order valence-electron chi connectivity index (χ4n) is 0.969. The lowest BCUT2D eigenvalue weighted by Gasteiger charge is -1.91. The lowest BCUT2D eigenvalue weighted by atomic mass is 10.2. The fraction of sp³-hybridized carbons (Fsp3) is 0.273. The van der Waals surface area contributed by atoms with Gasteiger partial charge in [-0.05, 0) is 19.8 Å². The number of hydrogen-bond acceptors (Lipinski definition) is 0. The summed E-state index contributed by atoms with van der Waals surface area (Å²) < 4.78 is 0. The van der Waals surface area contributed by atoms with Gasteiger partial charge in [0.2, 0.25) is 0 Å². The average molecular weight is 146 g/mol. The van der Waals surface area contributed by atoms with Gasteiger partial charge < -0.3 is 0 Å². The minimum absolute atomic E-state index is 1.04. The van der Waals surface area contributed by atoms with E-state index in [2.05, 4.69) is 49.5 Å². The summed E-state index contributed by atoms with van der Waals surface area (Å²) in [6, 6.07) is 0. The SMILES string of the molecule is CC1=C/C/C=C\C=C/C/C=C\1. The molecule has 0 atom stereocenters. The lowest BCUT2D eigenvalue weighted by Crippen LogP contribution is -1.70. The van der Waals surface area contributed by atoms with E-state index in [1.165, 1.54) is 5.57 Å². The molecule has 0 spiro atoms. The van der Waals surface area contributed by atoms with Crippen LogP contribution in [0.2, 0.25) is 0 Å². The zero-order valence-corrected chi connectivity index (χ0v) is 6.96. The van der Waals surface area contributed by atoms with Crippen LogP contribution < -0.4 is 0 Å². The molecule has 0 amide bonds. The first-order chi connectivity index (χ1) is 5.39. The molecule has 0 heteroatoms. The standard InChI is InChI=1S/C11H14/c1-11-9-7-5-3-2-4-6-8-10-11/h2-5,8-10H,6-7H2,1H3/b4-2-,5-3-,10-8-,11-9-. The quantitative estimate of drug-likeness (QED) is 0.491. The highest BCUT2D eigenvalue weighted by Gasteiger charge is 1.80. The Morgan fingerprint density at radius 2 is 1.73 bits per heavy atom. The van der Waals surface area contributed by atoms with Crippen molar-refractivity contribution in [3.8, 4) is 0 Å². The minimum atomic E-state index is 1.04. The Hall–Kier alpha value is -1.04. The van der Waals surface area contributed by atoms with E-state index in [1.807, 2.05) is 0 Å². The van der Waals surface area contributed by atoms with Crippen LogP contribution in [0.5, 0.6) is 0 Å². The van der Waals surface area contributed by atoms with Gasteiger partial charge in [-0.1, -0.05) is 48.1 Å². The maximum atomic E-state index is 2.23. The van der Waals surface area contributed by atoms with Crippen LogP contribution in [-0.2, 0) is 0 Å². The maximum Gasteiger partial charge on any atom is -0.0160 e. The van der Waals surface area contributed by atoms with Gasteiger partial charge in [-0.25, -0.2) is 0 Å². The molecule has 0 heterocycles. The van der Waals surface area contributed by atoms with Crippen LogP contribution in [0.1, 0.15) is 19.8 Å². The molecule has 1 aliphatic rings. The third-order valence-electron chi connectivity index (χ3n) is 1.61. The Balaban J connectivity index is 2.62. The van der Waals surface area contributed by atoms with E-state index in [0.29, 0.717) is 0 Å². The van der Waals surface area contributed by atoms with E-state index >= 15 is 0 Å². The average Bonchev–Trinajstić information content (AvgIpc) is 2.03. The fourth-order valence-corrected chi connectivity index (χ4v) is 0.969. The summed E-state index contributed by atoms with van der Waals surface area (Å²) in [5.41, 5.74) is 1.35. The van der Waals surface area contributed by atoms with Crippen LogP contribution in [0, 0.1) is 0 Å². The summed E-state index contributed by atoms with van der Waals surface area (Å²) in [7, 11) is 0. The van der Waals surface area contributed by atoms with Crippen LogP contribution in [0.15, 0.2) is 48.1 Å². The second kappa shape index (κ2) is 4.73. The van der Waals surface area contributed by atoms with Crippen molar-refractivity contribution in [1.29, 1.82) is 0 Å². The lowest BCUT2D eigenvalue weighted by molar-refractivity contribution is 1.30. The largest absolute Gasteiger partial charge is 0.0808 e. The Bertz CT molecular complexity index is 214. The molecule has 0 aromatic rings. The van der Waals surface area contributed by atoms with Crippen LogP contribution in [-0.4, -0.2) is 0 Å². The summed E-state index contributed by atoms with van der Waals surface area (Å²) >= 11 is 0. The highest BCUT2D eigenvalue weighted by Crippen LogP contribution is 2.01. The third-order valence-corrected chi connectivity index (χ3v) is 1.61. The molecule has 0 fully saturated rings. The summed E-state index contributed by atoms with van der Waals surface area (Å²) in [5, 5.41) is 0. The molecule has 1 aliphatic carbocycles. The Labute approximate surface area is 68.6 Å². The van der Waals surface area contributed by atoms with Gasteiger partial charge in [0.25, 0.3) is 0 Å². The molecular formula is C11H14. The van der Waals surface area contributed by atoms with Crippen LogP contribution in [0.4, 0.5) is 0 Å². The Morgan fingerprint density at radius 1 is 1.00 bits per heavy atom. The van der Waals surface area contributed by atoms with Crippen molar-refractivity contribution in [1.82, 2.24) is 0 Å². The molecule has 0 unspecified atom stereocenters. The van der Waals surface area contributed by atoms with Crippen molar-refractivity contribution >= 4 is 0 Å². The molecule has 0 bridgehead atoms. The molecule has 1 rings (SSSR count). The predicted octanol–water partition coefficient (Wildman–Crippen LogP) is 3.40. The van der Waals surface area contributed by atoms with Crippen molar-refractivity contribution in [3.63, 3.8) is 0 Å². The van der Waals surface area contributed by atoms with Crippen molar-refractivity contribution in [2.45, 2.75) is 19.8 Å². The summed E-state index contributed by atoms with van der Waals surface area (Å²) in [4.78, 5) is 0. The monoisotopic (exact) mass is 146 g/mol. The van der Waals surface area contributed by atoms with E-state index in [4.69, 9.17) is 0 Å². The summed E-state index contributed by atoms with van der Waals surface area (Å²) in [6.07, 6.45) is 17.2. The van der Waals surface area contributed by atoms with E-state index in [1.54, 1.807) is 0 Å². The topological polar surface area (TPSA) is 0 Å². The van der Waals surface area contributed by atoms with Crippen molar-refractivity contribution < 1.29 is 0 Å².